The van der Waals surface area contributed by atoms with Crippen LogP contribution < -0.4 is 5.32 Å². The van der Waals surface area contributed by atoms with Gasteiger partial charge in [0.25, 0.3) is 5.91 Å². The van der Waals surface area contributed by atoms with E-state index in [-0.39, 0.29) is 12.5 Å². The number of hydrogen-bond acceptors (Lipinski definition) is 3. The summed E-state index contributed by atoms with van der Waals surface area (Å²) in [5.74, 6) is -0.444. The number of aryl methyl sites for hydroxylation is 1. The fraction of sp³-hybridized carbons (Fsp3) is 0.238. The molecule has 2 aromatic rings. The molecule has 0 spiro atoms. The molecule has 0 unspecified atom stereocenters. The Morgan fingerprint density at radius 2 is 1.76 bits per heavy atom. The number of esters is 1. The number of carbonyl (C=O) groups excluding carboxylic acids is 2. The number of para-hydroxylation sites is 1. The van der Waals surface area contributed by atoms with Crippen molar-refractivity contribution in [1.82, 2.24) is 0 Å². The Labute approximate surface area is 148 Å². The Morgan fingerprint density at radius 3 is 2.40 bits per heavy atom. The first-order chi connectivity index (χ1) is 12.0. The van der Waals surface area contributed by atoms with E-state index >= 15 is 0 Å². The molecule has 0 heterocycles. The summed E-state index contributed by atoms with van der Waals surface area (Å²) in [6.45, 7) is 5.84. The van der Waals surface area contributed by atoms with E-state index in [1.165, 1.54) is 11.6 Å². The van der Waals surface area contributed by atoms with Crippen LogP contribution in [0.25, 0.3) is 6.08 Å². The Hall–Kier alpha value is -2.88. The number of amides is 1. The van der Waals surface area contributed by atoms with Crippen LogP contribution in [-0.4, -0.2) is 18.5 Å². The van der Waals surface area contributed by atoms with Crippen molar-refractivity contribution in [3.63, 3.8) is 0 Å². The van der Waals surface area contributed by atoms with Crippen LogP contribution in [-0.2, 0) is 14.3 Å². The quantitative estimate of drug-likeness (QED) is 0.631. The lowest BCUT2D eigenvalue weighted by molar-refractivity contribution is -0.142. The maximum absolute atomic E-state index is 11.8. The molecule has 0 saturated heterocycles. The Balaban J connectivity index is 1.81. The first kappa shape index (κ1) is 18.5. The van der Waals surface area contributed by atoms with Crippen molar-refractivity contribution in [2.24, 2.45) is 0 Å². The maximum Gasteiger partial charge on any atom is 0.331 e. The highest BCUT2D eigenvalue weighted by Gasteiger charge is 2.07. The summed E-state index contributed by atoms with van der Waals surface area (Å²) < 4.78 is 4.96. The van der Waals surface area contributed by atoms with Gasteiger partial charge in [-0.2, -0.15) is 0 Å². The van der Waals surface area contributed by atoms with Gasteiger partial charge >= 0.3 is 5.97 Å². The van der Waals surface area contributed by atoms with E-state index < -0.39 is 5.97 Å². The van der Waals surface area contributed by atoms with Crippen LogP contribution in [0.2, 0.25) is 0 Å². The molecule has 0 bridgehead atoms. The predicted octanol–water partition coefficient (Wildman–Crippen LogP) is 4.31. The van der Waals surface area contributed by atoms with E-state index in [2.05, 4.69) is 19.2 Å². The molecule has 0 fully saturated rings. The van der Waals surface area contributed by atoms with Gasteiger partial charge in [0.1, 0.15) is 0 Å². The van der Waals surface area contributed by atoms with Gasteiger partial charge in [-0.25, -0.2) is 4.79 Å². The molecule has 1 N–H and O–H groups in total. The van der Waals surface area contributed by atoms with Gasteiger partial charge in [-0.1, -0.05) is 56.3 Å². The van der Waals surface area contributed by atoms with Gasteiger partial charge in [-0.3, -0.25) is 4.79 Å². The lowest BCUT2D eigenvalue weighted by atomic mass is 10.0. The van der Waals surface area contributed by atoms with Crippen LogP contribution in [0.3, 0.4) is 0 Å². The van der Waals surface area contributed by atoms with Gasteiger partial charge < -0.3 is 10.1 Å². The van der Waals surface area contributed by atoms with Crippen LogP contribution in [0.5, 0.6) is 0 Å². The predicted molar refractivity (Wildman–Crippen MR) is 100 cm³/mol. The normalized spacial score (nSPS) is 10.9. The zero-order valence-electron chi connectivity index (χ0n) is 14.8. The molecule has 0 aliphatic heterocycles. The molecular weight excluding hydrogens is 314 g/mol. The third-order valence-corrected chi connectivity index (χ3v) is 3.78. The van der Waals surface area contributed by atoms with Gasteiger partial charge in [0.15, 0.2) is 6.61 Å². The molecule has 0 aromatic heterocycles. The molecule has 130 valence electrons. The molecule has 2 aromatic carbocycles. The monoisotopic (exact) mass is 337 g/mol. The number of rotatable bonds is 6. The van der Waals surface area contributed by atoms with Crippen molar-refractivity contribution >= 4 is 23.6 Å². The van der Waals surface area contributed by atoms with E-state index in [1.807, 2.05) is 49.4 Å². The summed E-state index contributed by atoms with van der Waals surface area (Å²) >= 11 is 0. The molecule has 4 heteroatoms. The van der Waals surface area contributed by atoms with Crippen molar-refractivity contribution in [2.45, 2.75) is 26.7 Å². The van der Waals surface area contributed by atoms with Crippen LogP contribution in [0, 0.1) is 6.92 Å². The van der Waals surface area contributed by atoms with E-state index in [0.717, 1.165) is 11.1 Å². The van der Waals surface area contributed by atoms with E-state index in [1.54, 1.807) is 12.1 Å². The van der Waals surface area contributed by atoms with Gasteiger partial charge in [0.05, 0.1) is 0 Å². The average molecular weight is 337 g/mol. The summed E-state index contributed by atoms with van der Waals surface area (Å²) in [5, 5.41) is 2.72. The van der Waals surface area contributed by atoms with E-state index in [0.29, 0.717) is 11.6 Å². The highest BCUT2D eigenvalue weighted by atomic mass is 16.5. The van der Waals surface area contributed by atoms with Crippen LogP contribution in [0.15, 0.2) is 54.6 Å². The van der Waals surface area contributed by atoms with Crippen LogP contribution in [0.1, 0.15) is 36.5 Å². The van der Waals surface area contributed by atoms with E-state index in [4.69, 9.17) is 4.74 Å². The zero-order chi connectivity index (χ0) is 18.2. The second-order valence-corrected chi connectivity index (χ2v) is 6.13. The molecule has 2 rings (SSSR count). The lowest BCUT2D eigenvalue weighted by Gasteiger charge is -2.07. The third kappa shape index (κ3) is 5.92. The smallest absolute Gasteiger partial charge is 0.331 e. The van der Waals surface area contributed by atoms with Gasteiger partial charge in [-0.15, -0.1) is 0 Å². The Kier molecular flexibility index (Phi) is 6.52. The number of hydrogen-bond donors (Lipinski definition) is 1. The molecule has 0 aliphatic carbocycles. The number of anilines is 1. The fourth-order valence-electron chi connectivity index (χ4n) is 2.24. The van der Waals surface area contributed by atoms with Crippen LogP contribution >= 0.6 is 0 Å². The minimum Gasteiger partial charge on any atom is -0.452 e. The van der Waals surface area contributed by atoms with Gasteiger partial charge in [-0.05, 0) is 41.7 Å². The van der Waals surface area contributed by atoms with Crippen molar-refractivity contribution < 1.29 is 14.3 Å². The first-order valence-corrected chi connectivity index (χ1v) is 8.26. The minimum absolute atomic E-state index is 0.316. The number of nitrogens with one attached hydrogen (secondary N) is 1. The molecule has 0 atom stereocenters. The summed E-state index contributed by atoms with van der Waals surface area (Å²) in [5.41, 5.74) is 3.81. The summed E-state index contributed by atoms with van der Waals surface area (Å²) in [7, 11) is 0. The number of benzene rings is 2. The first-order valence-electron chi connectivity index (χ1n) is 8.26. The number of carbonyl (C=O) groups is 2. The van der Waals surface area contributed by atoms with E-state index in [9.17, 15) is 9.59 Å². The van der Waals surface area contributed by atoms with Crippen molar-refractivity contribution in [2.75, 3.05) is 11.9 Å². The van der Waals surface area contributed by atoms with Crippen LogP contribution in [0.4, 0.5) is 5.69 Å². The second kappa shape index (κ2) is 8.83. The molecule has 25 heavy (non-hydrogen) atoms. The maximum atomic E-state index is 11.8. The SMILES string of the molecule is Cc1ccccc1NC(=O)COC(=O)/C=C/c1ccc(C(C)C)cc1. The molecule has 1 amide bonds. The lowest BCUT2D eigenvalue weighted by Crippen LogP contribution is -2.20. The van der Waals surface area contributed by atoms with Crippen molar-refractivity contribution in [1.29, 1.82) is 0 Å². The molecular formula is C21H23NO3. The molecule has 4 nitrogen and oxygen atoms in total. The standard InChI is InChI=1S/C21H23NO3/c1-15(2)18-11-8-17(9-12-18)10-13-21(24)25-14-20(23)22-19-7-5-4-6-16(19)3/h4-13,15H,14H2,1-3H3,(H,22,23)/b13-10+. The van der Waals surface area contributed by atoms with Gasteiger partial charge in [0.2, 0.25) is 0 Å². The van der Waals surface area contributed by atoms with Crippen molar-refractivity contribution in [3.05, 3.63) is 71.3 Å². The fourth-order valence-corrected chi connectivity index (χ4v) is 2.24. The highest BCUT2D eigenvalue weighted by Crippen LogP contribution is 2.15. The Morgan fingerprint density at radius 1 is 1.08 bits per heavy atom. The second-order valence-electron chi connectivity index (χ2n) is 6.13. The summed E-state index contributed by atoms with van der Waals surface area (Å²) in [4.78, 5) is 23.6. The molecule has 0 saturated carbocycles. The highest BCUT2D eigenvalue weighted by molar-refractivity contribution is 5.95. The largest absolute Gasteiger partial charge is 0.452 e. The Bertz CT molecular complexity index is 761. The van der Waals surface area contributed by atoms with Gasteiger partial charge in [0, 0.05) is 11.8 Å². The molecule has 0 aliphatic rings. The molecule has 0 radical (unpaired) electrons. The average Bonchev–Trinajstić information content (AvgIpc) is 2.60. The minimum atomic E-state index is -0.548. The third-order valence-electron chi connectivity index (χ3n) is 3.78. The summed E-state index contributed by atoms with van der Waals surface area (Å²) in [6.07, 6.45) is 3.00. The topological polar surface area (TPSA) is 55.4 Å². The number of ether oxygens (including phenoxy) is 1. The zero-order valence-corrected chi connectivity index (χ0v) is 14.8. The summed E-state index contributed by atoms with van der Waals surface area (Å²) in [6, 6.07) is 15.4. The van der Waals surface area contributed by atoms with Crippen molar-refractivity contribution in [3.8, 4) is 0 Å².